The second-order valence-electron chi connectivity index (χ2n) is 22.4. The monoisotopic (exact) mass is 1640 g/mol. The molecule has 8 heterocycles. The number of nitrogen functional groups attached to an aromatic ring is 4. The second-order valence-corrected chi connectivity index (χ2v) is 29.8. The topological polar surface area (TPSA) is 525 Å². The van der Waals surface area contributed by atoms with E-state index in [2.05, 4.69) is 94.2 Å². The van der Waals surface area contributed by atoms with Crippen LogP contribution in [0.2, 0.25) is 0 Å². The number of benzene rings is 1. The molecule has 0 bridgehead atoms. The lowest BCUT2D eigenvalue weighted by Crippen LogP contribution is -2.37. The first-order valence-electron chi connectivity index (χ1n) is 33.1. The fraction of sp³-hybridized carbons (Fsp3) is 0.470. The van der Waals surface area contributed by atoms with E-state index in [4.69, 9.17) is 69.6 Å². The lowest BCUT2D eigenvalue weighted by molar-refractivity contribution is -0.151. The first-order chi connectivity index (χ1) is 51.6. The Labute approximate surface area is 646 Å². The number of nitrogens with two attached hydrogens (primary N) is 4. The molecule has 4 atom stereocenters. The van der Waals surface area contributed by atoms with E-state index in [1.54, 1.807) is 114 Å². The lowest BCUT2D eigenvalue weighted by Gasteiger charge is -2.24. The van der Waals surface area contributed by atoms with Crippen LogP contribution in [-0.2, 0) is 109 Å². The van der Waals surface area contributed by atoms with Crippen LogP contribution in [-0.4, -0.2) is 176 Å². The van der Waals surface area contributed by atoms with Gasteiger partial charge < -0.3 is 74.5 Å². The van der Waals surface area contributed by atoms with E-state index >= 15 is 0 Å². The molecule has 10 N–H and O–H groups in total. The van der Waals surface area contributed by atoms with Gasteiger partial charge >= 0.3 is 37.2 Å². The Bertz CT molecular complexity index is 4340. The van der Waals surface area contributed by atoms with Crippen molar-refractivity contribution in [3.05, 3.63) is 128 Å². The zero-order valence-electron chi connectivity index (χ0n) is 61.8. The van der Waals surface area contributed by atoms with Crippen LogP contribution in [0, 0.1) is 27.7 Å². The second kappa shape index (κ2) is 48.2. The molecule has 9 aromatic rings. The van der Waals surface area contributed by atoms with Gasteiger partial charge in [0.05, 0.1) is 111 Å². The standard InChI is InChI=1S/C25H35N6O6P.C15H26N5O11P3.C12H17N5O.C11H15N5O2.3CH4/c1-5-20(6-2)36-24(32)19(4)30-38(33,37-21-10-8-7-9-11-21)35-13-12-34-17-31-15-23(28-16-31)22-14-27-25(26)29-18(22)3;1-12-13(8-17-15(16)19-12)14-9-20(10-18-14)11-28-6-7-29-33(22,26-4)31-34(23,27-5)30-32(21,24-2)25-3;1-3-4-18-8-17-6-11(15-7-17)10-5-14-12(13)16-9(10)2;1-8-9(4-13-11(12)15-8)10-5-16(6-14-10)7-18-3-2-17;;;/h7-11,14-16,19-20H,5-6,12-13,17H2,1-4H3,(H,30,33)(H2,26,27,29);8-10H,6-7,11H2,1-5H3,(H2,16,17,19);5-7H,3-4,8H2,1-2H3,(H2,13,14,16);4-6,17H,2-3,7H2,1H3,(H2,12,13,15);3*1H4/t19-,38+;;;;;;/m1....../s1. The number of rotatable bonds is 40. The van der Waals surface area contributed by atoms with Gasteiger partial charge in [0.25, 0.3) is 0 Å². The van der Waals surface area contributed by atoms with E-state index in [0.717, 1.165) is 86.6 Å². The number of aliphatic hydroxyl groups is 1. The summed E-state index contributed by atoms with van der Waals surface area (Å²) in [6.45, 7) is 16.7. The maximum absolute atomic E-state index is 13.5. The number of carbonyl (C=O) groups excluding carboxylic acids is 1. The Morgan fingerprint density at radius 1 is 0.477 bits per heavy atom. The first kappa shape index (κ1) is 96.4. The highest BCUT2D eigenvalue weighted by molar-refractivity contribution is 7.67. The Morgan fingerprint density at radius 3 is 1.15 bits per heavy atom. The summed E-state index contributed by atoms with van der Waals surface area (Å²) in [5.41, 5.74) is 31.3. The zero-order chi connectivity index (χ0) is 78.9. The van der Waals surface area contributed by atoms with Crippen molar-refractivity contribution >= 4 is 61.0 Å². The summed E-state index contributed by atoms with van der Waals surface area (Å²) in [4.78, 5) is 62.1. The van der Waals surface area contributed by atoms with E-state index in [0.29, 0.717) is 61.3 Å². The number of esters is 1. The molecule has 1 aromatic carbocycles. The number of phosphoric acid groups is 3. The molecular weight excluding hydrogens is 1530 g/mol. The Hall–Kier alpha value is -8.79. The molecule has 0 amide bonds. The molecule has 45 heteroatoms. The van der Waals surface area contributed by atoms with Crippen LogP contribution < -0.4 is 32.5 Å². The third kappa shape index (κ3) is 31.7. The van der Waals surface area contributed by atoms with Crippen LogP contribution in [0.3, 0.4) is 0 Å². The largest absolute Gasteiger partial charge is 0.492 e. The normalized spacial score (nSPS) is 13.0. The van der Waals surface area contributed by atoms with E-state index in [1.165, 1.54) is 6.33 Å². The minimum absolute atomic E-state index is 0. The number of para-hydroxylation sites is 1. The number of anilines is 4. The number of aryl methyl sites for hydroxylation is 4. The number of hydrogen-bond acceptors (Lipinski definition) is 36. The summed E-state index contributed by atoms with van der Waals surface area (Å²) in [5, 5.41) is 11.3. The molecule has 0 aliphatic rings. The van der Waals surface area contributed by atoms with Crippen LogP contribution in [0.15, 0.2) is 105 Å². The van der Waals surface area contributed by atoms with Crippen LogP contribution in [0.4, 0.5) is 23.8 Å². The van der Waals surface area contributed by atoms with E-state index in [9.17, 15) is 23.1 Å². The number of imidazole rings is 4. The van der Waals surface area contributed by atoms with Gasteiger partial charge in [-0.15, -0.1) is 0 Å². The van der Waals surface area contributed by atoms with Gasteiger partial charge in [-0.1, -0.05) is 61.3 Å². The number of aromatic nitrogens is 16. The summed E-state index contributed by atoms with van der Waals surface area (Å²) in [6.07, 6.45) is 22.5. The number of carbonyl (C=O) groups is 1. The number of nitrogens with one attached hydrogen (secondary N) is 1. The van der Waals surface area contributed by atoms with Gasteiger partial charge in [0.15, 0.2) is 0 Å². The number of nitrogens with zero attached hydrogens (tertiary/aromatic N) is 16. The van der Waals surface area contributed by atoms with Crippen LogP contribution >= 0.6 is 31.2 Å². The average Bonchev–Trinajstić information content (AvgIpc) is 1.33. The van der Waals surface area contributed by atoms with Crippen molar-refractivity contribution in [1.82, 2.24) is 83.2 Å². The van der Waals surface area contributed by atoms with Crippen molar-refractivity contribution in [3.8, 4) is 50.8 Å². The van der Waals surface area contributed by atoms with Gasteiger partial charge in [-0.05, 0) is 66.0 Å². The zero-order valence-corrected chi connectivity index (χ0v) is 65.4. The quantitative estimate of drug-likeness (QED) is 0.0118. The number of phosphoric ester groups is 2. The summed E-state index contributed by atoms with van der Waals surface area (Å²) < 4.78 is 129. The highest BCUT2D eigenvalue weighted by atomic mass is 31.3. The van der Waals surface area contributed by atoms with Crippen LogP contribution in [0.5, 0.6) is 5.75 Å². The Morgan fingerprint density at radius 2 is 0.820 bits per heavy atom. The number of aliphatic hydroxyl groups excluding tert-OH is 1. The molecule has 0 aliphatic carbocycles. The van der Waals surface area contributed by atoms with Gasteiger partial charge in [0.2, 0.25) is 23.8 Å². The molecule has 0 saturated carbocycles. The molecule has 111 heavy (non-hydrogen) atoms. The van der Waals surface area contributed by atoms with Gasteiger partial charge in [0.1, 0.15) is 44.8 Å². The molecule has 0 saturated heterocycles. The van der Waals surface area contributed by atoms with E-state index in [-0.39, 0.29) is 98.7 Å². The van der Waals surface area contributed by atoms with Crippen LogP contribution in [0.25, 0.3) is 45.0 Å². The fourth-order valence-corrected chi connectivity index (χ4v) is 14.7. The van der Waals surface area contributed by atoms with Crippen molar-refractivity contribution in [2.75, 3.05) is 97.6 Å². The molecule has 8 aromatic heterocycles. The van der Waals surface area contributed by atoms with Gasteiger partial charge in [-0.3, -0.25) is 31.9 Å². The van der Waals surface area contributed by atoms with Crippen LogP contribution in [0.1, 0.15) is 92.0 Å². The maximum atomic E-state index is 13.5. The third-order valence-electron chi connectivity index (χ3n) is 14.3. The minimum Gasteiger partial charge on any atom is -0.461 e. The molecule has 0 spiro atoms. The maximum Gasteiger partial charge on any atom is 0.492 e. The number of hydrogen-bond donors (Lipinski definition) is 6. The molecular formula is C66H105N21O20P4. The third-order valence-corrected chi connectivity index (χ3v) is 21.5. The Balaban J connectivity index is 0.000000399. The number of ether oxygens (including phenoxy) is 5. The van der Waals surface area contributed by atoms with Crippen molar-refractivity contribution in [2.45, 2.75) is 136 Å². The summed E-state index contributed by atoms with van der Waals surface area (Å²) in [7, 11) is -13.6. The minimum atomic E-state index is -4.73. The summed E-state index contributed by atoms with van der Waals surface area (Å²) >= 11 is 0. The molecule has 9 rings (SSSR count). The predicted molar refractivity (Wildman–Crippen MR) is 414 cm³/mol. The highest BCUT2D eigenvalue weighted by Gasteiger charge is 2.46. The van der Waals surface area contributed by atoms with Crippen molar-refractivity contribution in [2.24, 2.45) is 0 Å². The van der Waals surface area contributed by atoms with Gasteiger partial charge in [0, 0.05) is 107 Å². The Kier molecular flexibility index (Phi) is 41.9. The van der Waals surface area contributed by atoms with E-state index in [1.807, 2.05) is 51.6 Å². The smallest absolute Gasteiger partial charge is 0.461 e. The first-order valence-corrected chi connectivity index (χ1v) is 39.0. The summed E-state index contributed by atoms with van der Waals surface area (Å²) in [5.74, 6) is 0.699. The SMILES string of the molecule is C.C.C.CCC(CC)OC(=O)[C@@H](C)N[P@](=O)(OCCOCn1cnc(-c2cnc(N)nc2C)c1)Oc1ccccc1.CCCOCn1cnc(-c2cnc(N)nc2C)c1.COP(=O)(OC)OP(=O)(OC)OP(=O)(OC)OCCOCn1cnc(-c2cnc(N)nc2C)c1.Cc1nc(N)ncc1-c1cn(COCCO)cn1. The summed E-state index contributed by atoms with van der Waals surface area (Å²) in [6, 6.07) is 7.66. The molecule has 614 valence electrons. The lowest BCUT2D eigenvalue weighted by atomic mass is 10.2. The predicted octanol–water partition coefficient (Wildman–Crippen LogP) is 11.0. The van der Waals surface area contributed by atoms with Gasteiger partial charge in [-0.2, -0.15) is 13.7 Å². The molecule has 0 fully saturated rings. The molecule has 2 unspecified atom stereocenters. The fourth-order valence-electron chi connectivity index (χ4n) is 8.84. The van der Waals surface area contributed by atoms with E-state index < -0.39 is 43.2 Å². The molecule has 0 aliphatic heterocycles. The van der Waals surface area contributed by atoms with Gasteiger partial charge in [-0.25, -0.2) is 78.1 Å². The molecule has 0 radical (unpaired) electrons. The average molecular weight is 1640 g/mol. The van der Waals surface area contributed by atoms with Crippen molar-refractivity contribution < 1.29 is 92.1 Å². The highest BCUT2D eigenvalue weighted by Crippen LogP contribution is 2.72. The van der Waals surface area contributed by atoms with Crippen molar-refractivity contribution in [3.63, 3.8) is 0 Å². The van der Waals surface area contributed by atoms with Crippen molar-refractivity contribution in [1.29, 1.82) is 0 Å². The molecule has 41 nitrogen and oxygen atoms in total.